The SMILES string of the molecule is COc1cc(C(O)NCC(C)(C)CN(C)C)c(F)cc1Nc1ncc(C(F)(F)F)c(Oc2cccc3c2C(=O)N(C)C3)n1. The molecule has 1 aromatic heterocycles. The Balaban J connectivity index is 1.62. The lowest BCUT2D eigenvalue weighted by Gasteiger charge is -2.30. The zero-order chi connectivity index (χ0) is 31.7. The summed E-state index contributed by atoms with van der Waals surface area (Å²) in [6.45, 7) is 5.39. The van der Waals surface area contributed by atoms with Gasteiger partial charge in [-0.2, -0.15) is 18.2 Å². The molecule has 0 saturated carbocycles. The first-order valence-corrected chi connectivity index (χ1v) is 13.3. The minimum atomic E-state index is -4.87. The second kappa shape index (κ2) is 12.3. The molecule has 10 nitrogen and oxygen atoms in total. The van der Waals surface area contributed by atoms with Crippen molar-refractivity contribution in [2.24, 2.45) is 5.41 Å². The molecular formula is C29H34F4N6O4. The summed E-state index contributed by atoms with van der Waals surface area (Å²) in [4.78, 5) is 23.7. The molecule has 1 atom stereocenters. The Kier molecular flexibility index (Phi) is 9.13. The first-order chi connectivity index (χ1) is 20.1. The monoisotopic (exact) mass is 606 g/mol. The van der Waals surface area contributed by atoms with E-state index in [-0.39, 0.29) is 46.2 Å². The predicted octanol–water partition coefficient (Wildman–Crippen LogP) is 4.93. The fourth-order valence-corrected chi connectivity index (χ4v) is 4.92. The van der Waals surface area contributed by atoms with Crippen molar-refractivity contribution >= 4 is 17.5 Å². The van der Waals surface area contributed by atoms with E-state index in [4.69, 9.17) is 9.47 Å². The summed E-state index contributed by atoms with van der Waals surface area (Å²) in [5.74, 6) is -2.43. The third-order valence-corrected chi connectivity index (χ3v) is 6.72. The normalized spacial score (nSPS) is 14.2. The summed E-state index contributed by atoms with van der Waals surface area (Å²) in [7, 11) is 6.74. The van der Waals surface area contributed by atoms with Gasteiger partial charge in [0.25, 0.3) is 5.91 Å². The van der Waals surface area contributed by atoms with Gasteiger partial charge < -0.3 is 29.7 Å². The smallest absolute Gasteiger partial charge is 0.423 e. The van der Waals surface area contributed by atoms with Crippen molar-refractivity contribution in [2.45, 2.75) is 32.8 Å². The minimum absolute atomic E-state index is 0.00741. The number of halogens is 4. The van der Waals surface area contributed by atoms with Crippen LogP contribution in [-0.2, 0) is 12.7 Å². The fraction of sp³-hybridized carbons (Fsp3) is 0.414. The Bertz CT molecular complexity index is 1500. The van der Waals surface area contributed by atoms with E-state index in [0.717, 1.165) is 12.6 Å². The number of aromatic nitrogens is 2. The highest BCUT2D eigenvalue weighted by Gasteiger charge is 2.38. The molecule has 14 heteroatoms. The second-order valence-corrected chi connectivity index (χ2v) is 11.3. The van der Waals surface area contributed by atoms with E-state index in [1.54, 1.807) is 19.2 Å². The number of carbonyl (C=O) groups excluding carboxylic acids is 1. The van der Waals surface area contributed by atoms with E-state index in [9.17, 15) is 23.1 Å². The Morgan fingerprint density at radius 3 is 2.56 bits per heavy atom. The maximum absolute atomic E-state index is 15.2. The molecule has 2 heterocycles. The van der Waals surface area contributed by atoms with Crippen molar-refractivity contribution in [1.29, 1.82) is 0 Å². The van der Waals surface area contributed by atoms with Crippen LogP contribution in [0.15, 0.2) is 36.5 Å². The highest BCUT2D eigenvalue weighted by atomic mass is 19.4. The number of hydrogen-bond donors (Lipinski definition) is 3. The molecule has 3 aromatic rings. The van der Waals surface area contributed by atoms with Crippen molar-refractivity contribution in [2.75, 3.05) is 46.7 Å². The Labute approximate surface area is 246 Å². The van der Waals surface area contributed by atoms with Crippen molar-refractivity contribution in [3.05, 3.63) is 64.6 Å². The van der Waals surface area contributed by atoms with E-state index in [2.05, 4.69) is 20.6 Å². The highest BCUT2D eigenvalue weighted by molar-refractivity contribution is 6.00. The molecule has 232 valence electrons. The molecule has 1 aliphatic heterocycles. The Hall–Kier alpha value is -4.01. The summed E-state index contributed by atoms with van der Waals surface area (Å²) in [6.07, 6.45) is -5.70. The van der Waals surface area contributed by atoms with Crippen LogP contribution in [0.3, 0.4) is 0 Å². The third kappa shape index (κ3) is 7.32. The number of carbonyl (C=O) groups is 1. The van der Waals surface area contributed by atoms with E-state index in [1.807, 2.05) is 32.8 Å². The van der Waals surface area contributed by atoms with Crippen LogP contribution >= 0.6 is 0 Å². The number of aliphatic hydroxyl groups is 1. The van der Waals surface area contributed by atoms with Crippen molar-refractivity contribution in [3.8, 4) is 17.4 Å². The highest BCUT2D eigenvalue weighted by Crippen LogP contribution is 2.40. The molecule has 0 bridgehead atoms. The average Bonchev–Trinajstić information content (AvgIpc) is 3.20. The maximum atomic E-state index is 15.2. The second-order valence-electron chi connectivity index (χ2n) is 11.3. The number of amides is 1. The number of hydrogen-bond acceptors (Lipinski definition) is 9. The van der Waals surface area contributed by atoms with Gasteiger partial charge >= 0.3 is 6.18 Å². The van der Waals surface area contributed by atoms with Crippen LogP contribution in [0, 0.1) is 11.2 Å². The third-order valence-electron chi connectivity index (χ3n) is 6.72. The van der Waals surface area contributed by atoms with Gasteiger partial charge in [-0.25, -0.2) is 9.37 Å². The summed E-state index contributed by atoms with van der Waals surface area (Å²) in [5, 5.41) is 16.3. The number of rotatable bonds is 11. The van der Waals surface area contributed by atoms with Crippen LogP contribution in [0.25, 0.3) is 0 Å². The minimum Gasteiger partial charge on any atom is -0.495 e. The molecule has 2 aromatic carbocycles. The fourth-order valence-electron chi connectivity index (χ4n) is 4.92. The summed E-state index contributed by atoms with van der Waals surface area (Å²) in [6, 6.07) is 6.91. The van der Waals surface area contributed by atoms with Gasteiger partial charge in [-0.1, -0.05) is 26.0 Å². The molecule has 0 aliphatic carbocycles. The molecule has 0 fully saturated rings. The van der Waals surface area contributed by atoms with Crippen molar-refractivity contribution < 1.29 is 36.9 Å². The lowest BCUT2D eigenvalue weighted by molar-refractivity contribution is -0.139. The molecule has 43 heavy (non-hydrogen) atoms. The number of alkyl halides is 3. The molecule has 1 unspecified atom stereocenters. The van der Waals surface area contributed by atoms with Crippen LogP contribution in [-0.4, -0.2) is 72.1 Å². The van der Waals surface area contributed by atoms with Crippen molar-refractivity contribution in [1.82, 2.24) is 25.1 Å². The molecule has 4 rings (SSSR count). The molecule has 0 saturated heterocycles. The first kappa shape index (κ1) is 31.9. The van der Waals surface area contributed by atoms with Gasteiger partial charge in [-0.05, 0) is 37.2 Å². The standard InChI is InChI=1S/C29H34F4N6O4/c1-28(2,15-38(3)4)14-35-24(40)17-10-22(42-6)20(11-19(17)30)36-27-34-12-18(29(31,32)33)25(37-27)43-21-9-7-8-16-13-39(5)26(41)23(16)21/h7-12,24,35,40H,13-15H2,1-6H3,(H,34,36,37). The zero-order valence-corrected chi connectivity index (χ0v) is 24.6. The number of benzene rings is 2. The van der Waals surface area contributed by atoms with Crippen LogP contribution in [0.4, 0.5) is 29.2 Å². The van der Waals surface area contributed by atoms with E-state index >= 15 is 4.39 Å². The van der Waals surface area contributed by atoms with Gasteiger partial charge in [0.2, 0.25) is 11.8 Å². The number of fused-ring (bicyclic) bond motifs is 1. The van der Waals surface area contributed by atoms with E-state index in [1.165, 1.54) is 24.1 Å². The molecule has 3 N–H and O–H groups in total. The van der Waals surface area contributed by atoms with Gasteiger partial charge in [-0.15, -0.1) is 0 Å². The van der Waals surface area contributed by atoms with Gasteiger partial charge in [-0.3, -0.25) is 10.1 Å². The van der Waals surface area contributed by atoms with Gasteiger partial charge in [0.15, 0.2) is 0 Å². The average molecular weight is 607 g/mol. The lowest BCUT2D eigenvalue weighted by Crippen LogP contribution is -2.39. The van der Waals surface area contributed by atoms with Crippen LogP contribution in [0.2, 0.25) is 0 Å². The molecule has 0 radical (unpaired) electrons. The van der Waals surface area contributed by atoms with Gasteiger partial charge in [0.1, 0.15) is 29.1 Å². The predicted molar refractivity (Wildman–Crippen MR) is 151 cm³/mol. The largest absolute Gasteiger partial charge is 0.495 e. The lowest BCUT2D eigenvalue weighted by atomic mass is 9.92. The maximum Gasteiger partial charge on any atom is 0.423 e. The molecule has 1 aliphatic rings. The number of methoxy groups -OCH3 is 1. The van der Waals surface area contributed by atoms with Crippen LogP contribution in [0.5, 0.6) is 17.4 Å². The Morgan fingerprint density at radius 2 is 1.91 bits per heavy atom. The molecule has 0 spiro atoms. The van der Waals surface area contributed by atoms with E-state index < -0.39 is 35.6 Å². The number of ether oxygens (including phenoxy) is 2. The number of aliphatic hydroxyl groups excluding tert-OH is 1. The van der Waals surface area contributed by atoms with E-state index in [0.29, 0.717) is 18.3 Å². The number of anilines is 2. The quantitative estimate of drug-likeness (QED) is 0.207. The molecule has 1 amide bonds. The van der Waals surface area contributed by atoms with Crippen LogP contribution in [0.1, 0.15) is 47.1 Å². The number of nitrogens with one attached hydrogen (secondary N) is 2. The Morgan fingerprint density at radius 1 is 1.19 bits per heavy atom. The van der Waals surface area contributed by atoms with Gasteiger partial charge in [0.05, 0.1) is 18.4 Å². The zero-order valence-electron chi connectivity index (χ0n) is 24.6. The topological polar surface area (TPSA) is 112 Å². The summed E-state index contributed by atoms with van der Waals surface area (Å²) < 4.78 is 67.7. The van der Waals surface area contributed by atoms with Crippen molar-refractivity contribution in [3.63, 3.8) is 0 Å². The molecular weight excluding hydrogens is 572 g/mol. The van der Waals surface area contributed by atoms with Gasteiger partial charge in [0, 0.05) is 44.5 Å². The number of nitrogens with zero attached hydrogens (tertiary/aromatic N) is 4. The summed E-state index contributed by atoms with van der Waals surface area (Å²) >= 11 is 0. The van der Waals surface area contributed by atoms with Crippen LogP contribution < -0.4 is 20.1 Å². The first-order valence-electron chi connectivity index (χ1n) is 13.3. The summed E-state index contributed by atoms with van der Waals surface area (Å²) in [5.41, 5.74) is -0.851.